The fraction of sp³-hybridized carbons (Fsp3) is 0.583. The van der Waals surface area contributed by atoms with Crippen molar-refractivity contribution in [3.8, 4) is 0 Å². The first-order valence-electron chi connectivity index (χ1n) is 16.1. The summed E-state index contributed by atoms with van der Waals surface area (Å²) in [6.45, 7) is 13.1. The average molecular weight is 577 g/mol. The third-order valence-electron chi connectivity index (χ3n) is 8.65. The van der Waals surface area contributed by atoms with E-state index in [2.05, 4.69) is 50.2 Å². The summed E-state index contributed by atoms with van der Waals surface area (Å²) in [6, 6.07) is 13.6. The molecule has 0 heterocycles. The number of nitrogens with one attached hydrogen (secondary N) is 2. The van der Waals surface area contributed by atoms with Gasteiger partial charge in [0.2, 0.25) is 5.91 Å². The fourth-order valence-corrected chi connectivity index (χ4v) is 6.09. The molecule has 6 heteroatoms. The normalized spacial score (nSPS) is 21.0. The van der Waals surface area contributed by atoms with Crippen molar-refractivity contribution in [3.05, 3.63) is 48.0 Å². The lowest BCUT2D eigenvalue weighted by Crippen LogP contribution is -2.43. The number of aliphatic imine (C=N–C) groups is 1. The van der Waals surface area contributed by atoms with Gasteiger partial charge in [-0.05, 0) is 92.2 Å². The highest BCUT2D eigenvalue weighted by Crippen LogP contribution is 2.48. The largest absolute Gasteiger partial charge is 0.397 e. The maximum absolute atomic E-state index is 13.7. The molecule has 0 radical (unpaired) electrons. The van der Waals surface area contributed by atoms with Crippen LogP contribution in [0.3, 0.4) is 0 Å². The predicted octanol–water partition coefficient (Wildman–Crippen LogP) is 9.28. The Hall–Kier alpha value is -3.15. The second-order valence-corrected chi connectivity index (χ2v) is 12.7. The first kappa shape index (κ1) is 35.0. The number of unbranched alkanes of at least 4 members (excludes halogenated alkanes) is 1. The number of hydrogen-bond donors (Lipinski definition) is 3. The number of carbonyl (C=O) groups excluding carboxylic acids is 2. The molecule has 1 aliphatic rings. The molecule has 0 aromatic heterocycles. The van der Waals surface area contributed by atoms with Crippen molar-refractivity contribution in [1.82, 2.24) is 0 Å². The van der Waals surface area contributed by atoms with Gasteiger partial charge in [0.05, 0.1) is 11.4 Å². The molecule has 0 saturated heterocycles. The molecule has 6 nitrogen and oxygen atoms in total. The Morgan fingerprint density at radius 2 is 1.71 bits per heavy atom. The summed E-state index contributed by atoms with van der Waals surface area (Å²) in [6.07, 6.45) is 12.7. The second-order valence-electron chi connectivity index (χ2n) is 12.7. The van der Waals surface area contributed by atoms with Crippen LogP contribution in [0, 0.1) is 29.1 Å². The molecule has 1 saturated carbocycles. The number of hydrogen-bond acceptors (Lipinski definition) is 5. The number of nitrogens with two attached hydrogens (primary N) is 1. The van der Waals surface area contributed by atoms with Crippen LogP contribution in [0.15, 0.2) is 47.5 Å². The van der Waals surface area contributed by atoms with E-state index in [-0.39, 0.29) is 17.2 Å². The summed E-state index contributed by atoms with van der Waals surface area (Å²) in [4.78, 5) is 28.3. The number of benzene rings is 2. The zero-order chi connectivity index (χ0) is 31.1. The van der Waals surface area contributed by atoms with Crippen molar-refractivity contribution in [2.75, 3.05) is 23.4 Å². The van der Waals surface area contributed by atoms with E-state index in [4.69, 9.17) is 5.73 Å². The summed E-state index contributed by atoms with van der Waals surface area (Å²) in [5.74, 6) is 2.30. The van der Waals surface area contributed by atoms with Gasteiger partial charge in [-0.3, -0.25) is 9.79 Å². The van der Waals surface area contributed by atoms with Crippen LogP contribution in [-0.2, 0) is 9.59 Å². The van der Waals surface area contributed by atoms with E-state index < -0.39 is 0 Å². The van der Waals surface area contributed by atoms with Crippen molar-refractivity contribution in [1.29, 1.82) is 0 Å². The maximum Gasteiger partial charge on any atom is 0.230 e. The van der Waals surface area contributed by atoms with E-state index in [0.29, 0.717) is 29.1 Å². The monoisotopic (exact) mass is 576 g/mol. The molecule has 1 aliphatic carbocycles. The Morgan fingerprint density at radius 3 is 2.29 bits per heavy atom. The molecule has 4 atom stereocenters. The van der Waals surface area contributed by atoms with Crippen LogP contribution in [0.1, 0.15) is 105 Å². The lowest BCUT2D eigenvalue weighted by molar-refractivity contribution is -0.130. The van der Waals surface area contributed by atoms with Gasteiger partial charge in [0.25, 0.3) is 0 Å². The van der Waals surface area contributed by atoms with Crippen LogP contribution in [0.4, 0.5) is 22.7 Å². The van der Waals surface area contributed by atoms with Crippen LogP contribution in [-0.4, -0.2) is 25.5 Å². The highest BCUT2D eigenvalue weighted by Gasteiger charge is 2.44. The van der Waals surface area contributed by atoms with Gasteiger partial charge >= 0.3 is 0 Å². The third-order valence-corrected chi connectivity index (χ3v) is 8.65. The minimum atomic E-state index is -0.307. The van der Waals surface area contributed by atoms with Crippen molar-refractivity contribution in [2.45, 2.75) is 99.3 Å². The maximum atomic E-state index is 13.7. The highest BCUT2D eigenvalue weighted by molar-refractivity contribution is 5.96. The topological polar surface area (TPSA) is 96.6 Å². The van der Waals surface area contributed by atoms with Crippen LogP contribution in [0.5, 0.6) is 0 Å². The smallest absolute Gasteiger partial charge is 0.230 e. The number of carbonyl (C=O) groups is 2. The van der Waals surface area contributed by atoms with E-state index in [1.165, 1.54) is 25.7 Å². The van der Waals surface area contributed by atoms with Gasteiger partial charge in [-0.15, -0.1) is 0 Å². The van der Waals surface area contributed by atoms with E-state index in [0.717, 1.165) is 55.3 Å². The standard InChI is InChI=1S/C29H42N4O.C7H14O/c1-6-21-15-23(14-20(3)4)18-29(7-2,17-21)28(34)33-25-12-13-26(30)27(16-25)32-19-22-8-10-24(31-5)11-9-22;1-3-4-5-7(2)6-8/h8-13,16,19-21,23,31H,6-7,14-15,17-18,30H2,1-5H3,(H,33,34);6-7H,3-5H2,1-2H3. The number of nitrogens with zero attached hydrogens (tertiary/aromatic N) is 1. The summed E-state index contributed by atoms with van der Waals surface area (Å²) in [5.41, 5.74) is 9.92. The van der Waals surface area contributed by atoms with E-state index >= 15 is 0 Å². The molecule has 1 amide bonds. The summed E-state index contributed by atoms with van der Waals surface area (Å²) in [7, 11) is 1.90. The SMILES string of the molecule is CCC1CC(CC(C)C)CC(CC)(C(=O)Nc2ccc(N)c(N=Cc3ccc(NC)cc3)c2)C1.CCCCC(C)C=O. The zero-order valence-electron chi connectivity index (χ0n) is 27.2. The molecule has 0 spiro atoms. The Morgan fingerprint density at radius 1 is 1.05 bits per heavy atom. The summed E-state index contributed by atoms with van der Waals surface area (Å²) < 4.78 is 0. The van der Waals surface area contributed by atoms with E-state index in [1.54, 1.807) is 6.21 Å². The molecule has 42 heavy (non-hydrogen) atoms. The van der Waals surface area contributed by atoms with Crippen molar-refractivity contribution < 1.29 is 9.59 Å². The molecular weight excluding hydrogens is 520 g/mol. The van der Waals surface area contributed by atoms with Crippen molar-refractivity contribution in [2.24, 2.45) is 34.1 Å². The molecule has 0 bridgehead atoms. The molecule has 2 aromatic carbocycles. The second kappa shape index (κ2) is 17.7. The van der Waals surface area contributed by atoms with Gasteiger partial charge in [0.1, 0.15) is 6.29 Å². The molecule has 0 aliphatic heterocycles. The van der Waals surface area contributed by atoms with Gasteiger partial charge in [-0.2, -0.15) is 0 Å². The summed E-state index contributed by atoms with van der Waals surface area (Å²) in [5, 5.41) is 6.34. The first-order valence-corrected chi connectivity index (χ1v) is 16.1. The fourth-order valence-electron chi connectivity index (χ4n) is 6.09. The van der Waals surface area contributed by atoms with Crippen molar-refractivity contribution >= 4 is 41.2 Å². The summed E-state index contributed by atoms with van der Waals surface area (Å²) >= 11 is 0. The predicted molar refractivity (Wildman–Crippen MR) is 181 cm³/mol. The minimum absolute atomic E-state index is 0.143. The van der Waals surface area contributed by atoms with Gasteiger partial charge in [0, 0.05) is 36.0 Å². The lowest BCUT2D eigenvalue weighted by atomic mass is 9.62. The van der Waals surface area contributed by atoms with Crippen LogP contribution in [0.2, 0.25) is 0 Å². The Labute approximate surface area is 255 Å². The van der Waals surface area contributed by atoms with E-state index in [9.17, 15) is 9.59 Å². The molecule has 4 unspecified atom stereocenters. The average Bonchev–Trinajstić information content (AvgIpc) is 2.99. The van der Waals surface area contributed by atoms with Gasteiger partial charge in [-0.25, -0.2) is 0 Å². The van der Waals surface area contributed by atoms with Gasteiger partial charge < -0.3 is 21.2 Å². The van der Waals surface area contributed by atoms with Gasteiger partial charge in [0.15, 0.2) is 0 Å². The Balaban J connectivity index is 0.000000675. The molecule has 2 aromatic rings. The van der Waals surface area contributed by atoms with Crippen molar-refractivity contribution in [3.63, 3.8) is 0 Å². The number of aldehydes is 1. The third kappa shape index (κ3) is 10.9. The van der Waals surface area contributed by atoms with E-state index in [1.807, 2.05) is 56.4 Å². The quantitative estimate of drug-likeness (QED) is 0.126. The molecule has 1 fully saturated rings. The number of amides is 1. The minimum Gasteiger partial charge on any atom is -0.397 e. The lowest BCUT2D eigenvalue weighted by Gasteiger charge is -2.43. The van der Waals surface area contributed by atoms with Crippen LogP contribution < -0.4 is 16.4 Å². The Bertz CT molecular complexity index is 1130. The highest BCUT2D eigenvalue weighted by atomic mass is 16.2. The molecule has 4 N–H and O–H groups in total. The molecular formula is C36H56N4O2. The Kier molecular flexibility index (Phi) is 14.8. The number of rotatable bonds is 13. The number of nitrogen functional groups attached to an aromatic ring is 1. The van der Waals surface area contributed by atoms with Crippen LogP contribution in [0.25, 0.3) is 0 Å². The molecule has 232 valence electrons. The first-order chi connectivity index (χ1) is 20.1. The van der Waals surface area contributed by atoms with Crippen LogP contribution >= 0.6 is 0 Å². The number of anilines is 3. The zero-order valence-corrected chi connectivity index (χ0v) is 27.2. The van der Waals surface area contributed by atoms with Gasteiger partial charge in [-0.1, -0.05) is 72.9 Å². The molecule has 3 rings (SSSR count).